The first kappa shape index (κ1) is 27.9. The fourth-order valence-electron chi connectivity index (χ4n) is 5.34. The van der Waals surface area contributed by atoms with E-state index in [0.29, 0.717) is 35.9 Å². The van der Waals surface area contributed by atoms with Crippen LogP contribution in [0.15, 0.2) is 85.1 Å². The van der Waals surface area contributed by atoms with Crippen molar-refractivity contribution in [1.29, 1.82) is 0 Å². The van der Waals surface area contributed by atoms with Gasteiger partial charge in [0.15, 0.2) is 17.6 Å². The van der Waals surface area contributed by atoms with Gasteiger partial charge in [-0.25, -0.2) is 4.98 Å². The molecule has 9 heteroatoms. The predicted octanol–water partition coefficient (Wildman–Crippen LogP) is 5.26. The number of methoxy groups -OCH3 is 3. The molecule has 2 heterocycles. The maximum atomic E-state index is 13.9. The zero-order valence-electron chi connectivity index (χ0n) is 23.6. The molecular formula is C32H34N4O5. The molecule has 0 bridgehead atoms. The summed E-state index contributed by atoms with van der Waals surface area (Å²) in [6, 6.07) is 23.9. The highest BCUT2D eigenvalue weighted by Crippen LogP contribution is 2.35. The van der Waals surface area contributed by atoms with Gasteiger partial charge in [-0.1, -0.05) is 54.6 Å². The molecule has 2 amide bonds. The Morgan fingerprint density at radius 3 is 2.24 bits per heavy atom. The molecule has 0 radical (unpaired) electrons. The average molecular weight is 555 g/mol. The summed E-state index contributed by atoms with van der Waals surface area (Å²) in [5.41, 5.74) is 3.13. The lowest BCUT2D eigenvalue weighted by atomic mass is 10.1. The van der Waals surface area contributed by atoms with Crippen molar-refractivity contribution in [3.8, 4) is 28.4 Å². The lowest BCUT2D eigenvalue weighted by Crippen LogP contribution is -2.48. The number of anilines is 1. The van der Waals surface area contributed by atoms with Crippen LogP contribution in [0.4, 0.5) is 5.95 Å². The van der Waals surface area contributed by atoms with E-state index in [4.69, 9.17) is 19.2 Å². The molecule has 9 nitrogen and oxygen atoms in total. The van der Waals surface area contributed by atoms with Gasteiger partial charge in [-0.15, -0.1) is 0 Å². The van der Waals surface area contributed by atoms with Gasteiger partial charge in [0.2, 0.25) is 11.9 Å². The summed E-state index contributed by atoms with van der Waals surface area (Å²) in [5.74, 6) is 0.836. The lowest BCUT2D eigenvalue weighted by Gasteiger charge is -2.31. The number of para-hydroxylation sites is 1. The molecule has 0 aliphatic carbocycles. The van der Waals surface area contributed by atoms with Crippen LogP contribution in [0.25, 0.3) is 16.9 Å². The van der Waals surface area contributed by atoms with Crippen LogP contribution in [0.3, 0.4) is 0 Å². The zero-order valence-corrected chi connectivity index (χ0v) is 23.6. The number of rotatable bonds is 9. The smallest absolute Gasteiger partial charge is 0.257 e. The minimum Gasteiger partial charge on any atom is -0.493 e. The van der Waals surface area contributed by atoms with Crippen LogP contribution in [-0.2, 0) is 14.3 Å². The molecule has 1 saturated heterocycles. The number of aromatic nitrogens is 2. The molecule has 1 N–H and O–H groups in total. The first-order valence-corrected chi connectivity index (χ1v) is 13.5. The number of hydrogen-bond donors (Lipinski definition) is 1. The van der Waals surface area contributed by atoms with Crippen molar-refractivity contribution in [2.24, 2.45) is 0 Å². The number of carbonyl (C=O) groups excluding carboxylic acids is 2. The molecule has 1 aromatic heterocycles. The van der Waals surface area contributed by atoms with Crippen molar-refractivity contribution >= 4 is 17.8 Å². The van der Waals surface area contributed by atoms with Crippen LogP contribution in [0.2, 0.25) is 0 Å². The summed E-state index contributed by atoms with van der Waals surface area (Å²) in [6.45, 7) is 1.95. The number of nitrogens with zero attached hydrogens (tertiary/aromatic N) is 3. The first-order valence-electron chi connectivity index (χ1n) is 13.5. The van der Waals surface area contributed by atoms with Crippen molar-refractivity contribution < 1.29 is 23.8 Å². The van der Waals surface area contributed by atoms with E-state index in [0.717, 1.165) is 16.9 Å². The SMILES string of the molecule is COc1ccc([C@@H](OC)C(=O)N2[C@H](C)CC[C@H]2C(=O)Nc2nc(-c3ccccc3)cn2-c2ccccc2)cc1OC. The summed E-state index contributed by atoms with van der Waals surface area (Å²) < 4.78 is 18.3. The second kappa shape index (κ2) is 12.3. The number of amides is 2. The molecule has 0 spiro atoms. The van der Waals surface area contributed by atoms with Gasteiger partial charge in [0.25, 0.3) is 5.91 Å². The Kier molecular flexibility index (Phi) is 8.35. The highest BCUT2D eigenvalue weighted by Gasteiger charge is 2.42. The fraction of sp³-hybridized carbons (Fsp3) is 0.281. The molecule has 1 aliphatic heterocycles. The average Bonchev–Trinajstić information content (AvgIpc) is 3.61. The van der Waals surface area contributed by atoms with Gasteiger partial charge in [0.05, 0.1) is 19.9 Å². The molecule has 4 aromatic rings. The van der Waals surface area contributed by atoms with Crippen LogP contribution >= 0.6 is 0 Å². The van der Waals surface area contributed by atoms with Crippen molar-refractivity contribution in [2.75, 3.05) is 26.6 Å². The van der Waals surface area contributed by atoms with E-state index in [9.17, 15) is 9.59 Å². The van der Waals surface area contributed by atoms with Gasteiger partial charge in [-0.3, -0.25) is 19.5 Å². The molecule has 41 heavy (non-hydrogen) atoms. The Bertz CT molecular complexity index is 1510. The van der Waals surface area contributed by atoms with Crippen LogP contribution < -0.4 is 14.8 Å². The summed E-state index contributed by atoms with van der Waals surface area (Å²) in [4.78, 5) is 34.1. The number of hydrogen-bond acceptors (Lipinski definition) is 6. The maximum Gasteiger partial charge on any atom is 0.257 e. The number of imidazole rings is 1. The van der Waals surface area contributed by atoms with E-state index in [2.05, 4.69) is 5.32 Å². The Morgan fingerprint density at radius 1 is 0.902 bits per heavy atom. The first-order chi connectivity index (χ1) is 19.9. The Balaban J connectivity index is 1.43. The van der Waals surface area contributed by atoms with E-state index in [1.165, 1.54) is 14.2 Å². The van der Waals surface area contributed by atoms with E-state index in [-0.39, 0.29) is 17.9 Å². The molecular weight excluding hydrogens is 520 g/mol. The zero-order chi connectivity index (χ0) is 28.9. The Labute approximate surface area is 239 Å². The number of ether oxygens (including phenoxy) is 3. The molecule has 1 fully saturated rings. The van der Waals surface area contributed by atoms with E-state index in [1.807, 2.05) is 78.4 Å². The van der Waals surface area contributed by atoms with Crippen molar-refractivity contribution in [1.82, 2.24) is 14.5 Å². The summed E-state index contributed by atoms with van der Waals surface area (Å²) in [5, 5.41) is 3.02. The van der Waals surface area contributed by atoms with Crippen molar-refractivity contribution in [3.05, 3.63) is 90.6 Å². The lowest BCUT2D eigenvalue weighted by molar-refractivity contribution is -0.148. The van der Waals surface area contributed by atoms with E-state index in [1.54, 1.807) is 30.2 Å². The third kappa shape index (κ3) is 5.67. The van der Waals surface area contributed by atoms with Crippen LogP contribution in [0, 0.1) is 0 Å². The highest BCUT2D eigenvalue weighted by molar-refractivity contribution is 5.98. The predicted molar refractivity (Wildman–Crippen MR) is 156 cm³/mol. The quantitative estimate of drug-likeness (QED) is 0.303. The van der Waals surface area contributed by atoms with Crippen molar-refractivity contribution in [2.45, 2.75) is 38.0 Å². The third-order valence-corrected chi connectivity index (χ3v) is 7.44. The number of likely N-dealkylation sites (tertiary alicyclic amines) is 1. The summed E-state index contributed by atoms with van der Waals surface area (Å²) in [7, 11) is 4.57. The molecule has 3 atom stereocenters. The van der Waals surface area contributed by atoms with E-state index < -0.39 is 12.1 Å². The van der Waals surface area contributed by atoms with Crippen LogP contribution in [-0.4, -0.2) is 59.7 Å². The van der Waals surface area contributed by atoms with Crippen LogP contribution in [0.1, 0.15) is 31.4 Å². The van der Waals surface area contributed by atoms with Gasteiger partial charge >= 0.3 is 0 Å². The normalized spacial score (nSPS) is 17.2. The highest BCUT2D eigenvalue weighted by atomic mass is 16.5. The molecule has 212 valence electrons. The molecule has 1 aliphatic rings. The maximum absolute atomic E-state index is 13.9. The second-order valence-corrected chi connectivity index (χ2v) is 9.93. The standard InChI is InChI=1S/C32H34N4O5/c1-21-15-17-26(36(21)31(38)29(41-4)23-16-18-27(39-2)28(19-23)40-3)30(37)34-32-33-25(22-11-7-5-8-12-22)20-35(32)24-13-9-6-10-14-24/h5-14,16,18-21,26,29H,15,17H2,1-4H3,(H,33,34,37)/t21-,26+,29-/m1/s1. The van der Waals surface area contributed by atoms with Gasteiger partial charge in [-0.05, 0) is 49.6 Å². The topological polar surface area (TPSA) is 94.9 Å². The van der Waals surface area contributed by atoms with Gasteiger partial charge in [0, 0.05) is 30.6 Å². The van der Waals surface area contributed by atoms with Gasteiger partial charge in [0.1, 0.15) is 6.04 Å². The Hall–Kier alpha value is -4.63. The second-order valence-electron chi connectivity index (χ2n) is 9.93. The van der Waals surface area contributed by atoms with Gasteiger partial charge in [-0.2, -0.15) is 0 Å². The monoisotopic (exact) mass is 554 g/mol. The van der Waals surface area contributed by atoms with E-state index >= 15 is 0 Å². The van der Waals surface area contributed by atoms with Gasteiger partial charge < -0.3 is 19.1 Å². The molecule has 0 saturated carbocycles. The molecule has 3 aromatic carbocycles. The minimum absolute atomic E-state index is 0.148. The number of benzene rings is 3. The fourth-order valence-corrected chi connectivity index (χ4v) is 5.34. The molecule has 0 unspecified atom stereocenters. The van der Waals surface area contributed by atoms with Crippen molar-refractivity contribution in [3.63, 3.8) is 0 Å². The number of nitrogens with one attached hydrogen (secondary N) is 1. The summed E-state index contributed by atoms with van der Waals surface area (Å²) >= 11 is 0. The number of carbonyl (C=O) groups is 2. The minimum atomic E-state index is -0.915. The molecule has 5 rings (SSSR count). The third-order valence-electron chi connectivity index (χ3n) is 7.44. The largest absolute Gasteiger partial charge is 0.493 e. The summed E-state index contributed by atoms with van der Waals surface area (Å²) in [6.07, 6.45) is 2.20. The Morgan fingerprint density at radius 2 is 1.59 bits per heavy atom. The van der Waals surface area contributed by atoms with Crippen LogP contribution in [0.5, 0.6) is 11.5 Å².